The van der Waals surface area contributed by atoms with Crippen LogP contribution >= 0.6 is 0 Å². The van der Waals surface area contributed by atoms with Crippen LogP contribution in [0.4, 0.5) is 0 Å². The van der Waals surface area contributed by atoms with E-state index in [4.69, 9.17) is 4.74 Å². The van der Waals surface area contributed by atoms with Crippen molar-refractivity contribution < 1.29 is 14.3 Å². The van der Waals surface area contributed by atoms with Crippen LogP contribution in [0, 0.1) is 25.7 Å². The van der Waals surface area contributed by atoms with Gasteiger partial charge in [-0.25, -0.2) is 4.79 Å². The Morgan fingerprint density at radius 2 is 1.96 bits per heavy atom. The quantitative estimate of drug-likeness (QED) is 0.836. The van der Waals surface area contributed by atoms with E-state index in [1.165, 1.54) is 6.42 Å². The van der Waals surface area contributed by atoms with Crippen LogP contribution in [0.25, 0.3) is 0 Å². The van der Waals surface area contributed by atoms with Crippen molar-refractivity contribution in [2.45, 2.75) is 59.9 Å². The van der Waals surface area contributed by atoms with E-state index in [2.05, 4.69) is 24.1 Å². The summed E-state index contributed by atoms with van der Waals surface area (Å²) in [7, 11) is 0. The molecule has 1 aromatic heterocycles. The molecule has 3 unspecified atom stereocenters. The van der Waals surface area contributed by atoms with E-state index in [-0.39, 0.29) is 11.9 Å². The van der Waals surface area contributed by atoms with Crippen LogP contribution < -0.4 is 5.32 Å². The smallest absolute Gasteiger partial charge is 0.355 e. The molecular weight excluding hydrogens is 292 g/mol. The highest BCUT2D eigenvalue weighted by molar-refractivity contribution is 6.01. The van der Waals surface area contributed by atoms with E-state index in [0.29, 0.717) is 41.0 Å². The summed E-state index contributed by atoms with van der Waals surface area (Å²) in [5, 5.41) is 3.17. The fraction of sp³-hybridized carbons (Fsp3) is 0.667. The molecule has 0 aliphatic heterocycles. The maximum absolute atomic E-state index is 12.7. The first-order chi connectivity index (χ1) is 10.9. The summed E-state index contributed by atoms with van der Waals surface area (Å²) < 4.78 is 5.04. The molecular formula is C18H28N2O3. The van der Waals surface area contributed by atoms with E-state index in [1.807, 2.05) is 6.92 Å². The van der Waals surface area contributed by atoms with Crippen molar-refractivity contribution in [1.29, 1.82) is 0 Å². The maximum atomic E-state index is 12.7. The molecule has 128 valence electrons. The largest absolute Gasteiger partial charge is 0.461 e. The molecule has 1 amide bonds. The summed E-state index contributed by atoms with van der Waals surface area (Å²) in [6, 6.07) is 0.200. The second-order valence-corrected chi connectivity index (χ2v) is 6.69. The Morgan fingerprint density at radius 3 is 2.61 bits per heavy atom. The maximum Gasteiger partial charge on any atom is 0.355 e. The third-order valence-electron chi connectivity index (χ3n) is 5.17. The average Bonchev–Trinajstić information content (AvgIpc) is 2.79. The summed E-state index contributed by atoms with van der Waals surface area (Å²) in [5.74, 6) is 0.582. The SMILES string of the molecule is CCOC(=O)c1[nH]c(C)c(C(=O)NC2CCCC(C)C2C)c1C. The zero-order valence-electron chi connectivity index (χ0n) is 14.8. The summed E-state index contributed by atoms with van der Waals surface area (Å²) in [6.45, 7) is 10.1. The summed E-state index contributed by atoms with van der Waals surface area (Å²) in [4.78, 5) is 27.7. The van der Waals surface area contributed by atoms with Crippen molar-refractivity contribution >= 4 is 11.9 Å². The molecule has 1 aliphatic carbocycles. The van der Waals surface area contributed by atoms with Gasteiger partial charge in [0, 0.05) is 11.7 Å². The van der Waals surface area contributed by atoms with Gasteiger partial charge in [0.05, 0.1) is 12.2 Å². The molecule has 3 atom stereocenters. The molecule has 1 aromatic rings. The van der Waals surface area contributed by atoms with Gasteiger partial charge in [-0.1, -0.05) is 26.7 Å². The Bertz CT molecular complexity index is 591. The molecule has 1 aliphatic rings. The van der Waals surface area contributed by atoms with Crippen LogP contribution in [0.1, 0.15) is 72.1 Å². The minimum atomic E-state index is -0.410. The lowest BCUT2D eigenvalue weighted by Gasteiger charge is -2.34. The lowest BCUT2D eigenvalue weighted by Crippen LogP contribution is -2.43. The molecule has 1 fully saturated rings. The predicted octanol–water partition coefficient (Wildman–Crippen LogP) is 3.36. The number of aromatic nitrogens is 1. The number of carbonyl (C=O) groups is 2. The molecule has 23 heavy (non-hydrogen) atoms. The second kappa shape index (κ2) is 7.20. The third-order valence-corrected chi connectivity index (χ3v) is 5.17. The van der Waals surface area contributed by atoms with Crippen LogP contribution in [-0.2, 0) is 4.74 Å². The molecule has 2 rings (SSSR count). The standard InChI is InChI=1S/C18H28N2O3/c1-6-23-18(22)16-12(4)15(13(5)19-16)17(21)20-14-9-7-8-10(2)11(14)3/h10-11,14,19H,6-9H2,1-5H3,(H,20,21). The van der Waals surface area contributed by atoms with Gasteiger partial charge < -0.3 is 15.0 Å². The molecule has 2 N–H and O–H groups in total. The van der Waals surface area contributed by atoms with Crippen molar-refractivity contribution in [3.8, 4) is 0 Å². The summed E-state index contributed by atoms with van der Waals surface area (Å²) >= 11 is 0. The van der Waals surface area contributed by atoms with E-state index in [0.717, 1.165) is 12.8 Å². The van der Waals surface area contributed by atoms with E-state index in [9.17, 15) is 9.59 Å². The molecule has 5 heteroatoms. The second-order valence-electron chi connectivity index (χ2n) is 6.69. The number of esters is 1. The van der Waals surface area contributed by atoms with Gasteiger partial charge >= 0.3 is 5.97 Å². The van der Waals surface area contributed by atoms with Gasteiger partial charge in [0.1, 0.15) is 5.69 Å². The van der Waals surface area contributed by atoms with E-state index < -0.39 is 5.97 Å². The number of amides is 1. The topological polar surface area (TPSA) is 71.2 Å². The lowest BCUT2D eigenvalue weighted by atomic mass is 9.78. The van der Waals surface area contributed by atoms with E-state index in [1.54, 1.807) is 13.8 Å². The minimum absolute atomic E-state index is 0.0993. The predicted molar refractivity (Wildman–Crippen MR) is 89.7 cm³/mol. The van der Waals surface area contributed by atoms with Gasteiger partial charge in [0.2, 0.25) is 0 Å². The fourth-order valence-corrected chi connectivity index (χ4v) is 3.52. The summed E-state index contributed by atoms with van der Waals surface area (Å²) in [6.07, 6.45) is 3.39. The van der Waals surface area contributed by atoms with Crippen molar-refractivity contribution in [3.63, 3.8) is 0 Å². The molecule has 1 saturated carbocycles. The van der Waals surface area contributed by atoms with Gasteiger partial charge in [0.15, 0.2) is 0 Å². The van der Waals surface area contributed by atoms with Crippen LogP contribution in [0.5, 0.6) is 0 Å². The Balaban J connectivity index is 2.18. The van der Waals surface area contributed by atoms with Gasteiger partial charge in [-0.15, -0.1) is 0 Å². The van der Waals surface area contributed by atoms with E-state index >= 15 is 0 Å². The number of rotatable bonds is 4. The Morgan fingerprint density at radius 1 is 1.26 bits per heavy atom. The van der Waals surface area contributed by atoms with Crippen LogP contribution in [0.15, 0.2) is 0 Å². The van der Waals surface area contributed by atoms with Crippen molar-refractivity contribution in [3.05, 3.63) is 22.5 Å². The number of H-pyrrole nitrogens is 1. The number of hydrogen-bond donors (Lipinski definition) is 2. The highest BCUT2D eigenvalue weighted by atomic mass is 16.5. The molecule has 0 spiro atoms. The first kappa shape index (κ1) is 17.6. The monoisotopic (exact) mass is 320 g/mol. The molecule has 0 bridgehead atoms. The third kappa shape index (κ3) is 3.59. The first-order valence-electron chi connectivity index (χ1n) is 8.53. The highest BCUT2D eigenvalue weighted by Crippen LogP contribution is 2.30. The molecule has 0 saturated heterocycles. The van der Waals surface area contributed by atoms with Gasteiger partial charge in [-0.2, -0.15) is 0 Å². The lowest BCUT2D eigenvalue weighted by molar-refractivity contribution is 0.0519. The van der Waals surface area contributed by atoms with Gasteiger partial charge in [-0.3, -0.25) is 4.79 Å². The highest BCUT2D eigenvalue weighted by Gasteiger charge is 2.30. The van der Waals surface area contributed by atoms with Gasteiger partial charge in [0.25, 0.3) is 5.91 Å². The molecule has 0 radical (unpaired) electrons. The normalized spacial score (nSPS) is 24.3. The number of hydrogen-bond acceptors (Lipinski definition) is 3. The Hall–Kier alpha value is -1.78. The minimum Gasteiger partial charge on any atom is -0.461 e. The number of carbonyl (C=O) groups excluding carboxylic acids is 2. The molecule has 0 aromatic carbocycles. The number of ether oxygens (including phenoxy) is 1. The zero-order valence-corrected chi connectivity index (χ0v) is 14.8. The summed E-state index contributed by atoms with van der Waals surface area (Å²) in [5.41, 5.74) is 2.31. The Labute approximate surface area is 138 Å². The van der Waals surface area contributed by atoms with Crippen LogP contribution in [0.2, 0.25) is 0 Å². The van der Waals surface area contributed by atoms with Crippen molar-refractivity contribution in [1.82, 2.24) is 10.3 Å². The molecule has 5 nitrogen and oxygen atoms in total. The number of aryl methyl sites for hydroxylation is 1. The number of aromatic amines is 1. The number of nitrogens with one attached hydrogen (secondary N) is 2. The van der Waals surface area contributed by atoms with Gasteiger partial charge in [-0.05, 0) is 44.6 Å². The zero-order chi connectivity index (χ0) is 17.1. The average molecular weight is 320 g/mol. The Kier molecular flexibility index (Phi) is 5.50. The van der Waals surface area contributed by atoms with Crippen molar-refractivity contribution in [2.24, 2.45) is 11.8 Å². The van der Waals surface area contributed by atoms with Crippen molar-refractivity contribution in [2.75, 3.05) is 6.61 Å². The molecule has 1 heterocycles. The first-order valence-corrected chi connectivity index (χ1v) is 8.53. The van der Waals surface area contributed by atoms with Crippen LogP contribution in [-0.4, -0.2) is 29.5 Å². The fourth-order valence-electron chi connectivity index (χ4n) is 3.52. The van der Waals surface area contributed by atoms with Crippen LogP contribution in [0.3, 0.4) is 0 Å².